The standard InChI is InChI=1S/C23H29N3O4/c1-29-20-9-11-25-23(26-20)17-4-2-15(3-5-17)14-30-21-12-18(8-10-24-21)19(13-22(27)28)16-6-7-16/h8-12,15-17,19H,2-7,13-14H2,1H3,(H,27,28). The van der Waals surface area contributed by atoms with Crippen LogP contribution in [-0.4, -0.2) is 39.7 Å². The molecular formula is C23H29N3O4. The summed E-state index contributed by atoms with van der Waals surface area (Å²) in [5.41, 5.74) is 1.03. The number of carbonyl (C=O) groups is 1. The highest BCUT2D eigenvalue weighted by molar-refractivity contribution is 5.68. The summed E-state index contributed by atoms with van der Waals surface area (Å²) in [4.78, 5) is 24.5. The van der Waals surface area contributed by atoms with Gasteiger partial charge >= 0.3 is 5.97 Å². The molecule has 7 nitrogen and oxygen atoms in total. The number of methoxy groups -OCH3 is 1. The van der Waals surface area contributed by atoms with Gasteiger partial charge in [0, 0.05) is 30.4 Å². The topological polar surface area (TPSA) is 94.4 Å². The molecule has 0 spiro atoms. The molecule has 1 atom stereocenters. The zero-order valence-electron chi connectivity index (χ0n) is 17.4. The van der Waals surface area contributed by atoms with Crippen LogP contribution in [0.15, 0.2) is 30.6 Å². The number of aliphatic carboxylic acids is 1. The first-order valence-electron chi connectivity index (χ1n) is 10.8. The molecule has 7 heteroatoms. The smallest absolute Gasteiger partial charge is 0.303 e. The number of ether oxygens (including phenoxy) is 2. The Kier molecular flexibility index (Phi) is 6.45. The third-order valence-corrected chi connectivity index (χ3v) is 6.31. The highest BCUT2D eigenvalue weighted by Crippen LogP contribution is 2.45. The first kappa shape index (κ1) is 20.6. The SMILES string of the molecule is COc1ccnc(C2CCC(COc3cc(C(CC(=O)O)C4CC4)ccn3)CC2)n1. The fourth-order valence-corrected chi connectivity index (χ4v) is 4.44. The minimum absolute atomic E-state index is 0.0613. The van der Waals surface area contributed by atoms with E-state index in [2.05, 4.69) is 15.0 Å². The van der Waals surface area contributed by atoms with E-state index in [1.807, 2.05) is 12.1 Å². The minimum atomic E-state index is -0.747. The molecule has 2 aromatic heterocycles. The lowest BCUT2D eigenvalue weighted by atomic mass is 9.82. The number of rotatable bonds is 9. The number of hydrogen-bond acceptors (Lipinski definition) is 6. The summed E-state index contributed by atoms with van der Waals surface area (Å²) >= 11 is 0. The third kappa shape index (κ3) is 5.26. The van der Waals surface area contributed by atoms with E-state index in [1.165, 1.54) is 0 Å². The monoisotopic (exact) mass is 411 g/mol. The van der Waals surface area contributed by atoms with Gasteiger partial charge in [-0.15, -0.1) is 0 Å². The van der Waals surface area contributed by atoms with Crippen LogP contribution in [0.2, 0.25) is 0 Å². The Morgan fingerprint density at radius 3 is 2.57 bits per heavy atom. The van der Waals surface area contributed by atoms with Crippen molar-refractivity contribution in [2.24, 2.45) is 11.8 Å². The second-order valence-electron chi connectivity index (χ2n) is 8.46. The van der Waals surface area contributed by atoms with Crippen LogP contribution in [-0.2, 0) is 4.79 Å². The second kappa shape index (κ2) is 9.41. The van der Waals surface area contributed by atoms with Crippen LogP contribution in [0.25, 0.3) is 0 Å². The Morgan fingerprint density at radius 1 is 1.10 bits per heavy atom. The molecule has 1 N–H and O–H groups in total. The predicted octanol–water partition coefficient (Wildman–Crippen LogP) is 4.20. The third-order valence-electron chi connectivity index (χ3n) is 6.31. The van der Waals surface area contributed by atoms with Crippen LogP contribution in [0.4, 0.5) is 0 Å². The molecule has 0 saturated heterocycles. The Hall–Kier alpha value is -2.70. The zero-order chi connectivity index (χ0) is 20.9. The molecule has 2 saturated carbocycles. The minimum Gasteiger partial charge on any atom is -0.481 e. The molecule has 1 unspecified atom stereocenters. The number of nitrogens with zero attached hydrogens (tertiary/aromatic N) is 3. The van der Waals surface area contributed by atoms with Crippen LogP contribution < -0.4 is 9.47 Å². The molecule has 0 bridgehead atoms. The quantitative estimate of drug-likeness (QED) is 0.661. The average molecular weight is 412 g/mol. The fourth-order valence-electron chi connectivity index (χ4n) is 4.44. The number of hydrogen-bond donors (Lipinski definition) is 1. The van der Waals surface area contributed by atoms with Crippen molar-refractivity contribution >= 4 is 5.97 Å². The van der Waals surface area contributed by atoms with Crippen LogP contribution in [0.3, 0.4) is 0 Å². The molecular weight excluding hydrogens is 382 g/mol. The Bertz CT molecular complexity index is 863. The largest absolute Gasteiger partial charge is 0.481 e. The normalized spacial score (nSPS) is 22.3. The van der Waals surface area contributed by atoms with Gasteiger partial charge in [0.2, 0.25) is 11.8 Å². The van der Waals surface area contributed by atoms with Crippen molar-refractivity contribution in [2.75, 3.05) is 13.7 Å². The lowest BCUT2D eigenvalue weighted by Crippen LogP contribution is -2.20. The van der Waals surface area contributed by atoms with Gasteiger partial charge in [0.15, 0.2) is 0 Å². The number of aromatic nitrogens is 3. The van der Waals surface area contributed by atoms with Crippen molar-refractivity contribution in [1.82, 2.24) is 15.0 Å². The van der Waals surface area contributed by atoms with E-state index in [4.69, 9.17) is 9.47 Å². The van der Waals surface area contributed by atoms with Gasteiger partial charge < -0.3 is 14.6 Å². The highest BCUT2D eigenvalue weighted by Gasteiger charge is 2.34. The Labute approximate surface area is 176 Å². The summed E-state index contributed by atoms with van der Waals surface area (Å²) in [7, 11) is 1.62. The number of carboxylic acids is 1. The van der Waals surface area contributed by atoms with Gasteiger partial charge in [0.25, 0.3) is 0 Å². The van der Waals surface area contributed by atoms with E-state index in [0.717, 1.165) is 49.9 Å². The Balaban J connectivity index is 1.30. The summed E-state index contributed by atoms with van der Waals surface area (Å²) in [5.74, 6) is 2.72. The molecule has 0 amide bonds. The van der Waals surface area contributed by atoms with Crippen molar-refractivity contribution in [3.8, 4) is 11.8 Å². The van der Waals surface area contributed by atoms with Crippen molar-refractivity contribution in [3.05, 3.63) is 42.0 Å². The van der Waals surface area contributed by atoms with Gasteiger partial charge in [-0.1, -0.05) is 0 Å². The summed E-state index contributed by atoms with van der Waals surface area (Å²) in [5, 5.41) is 9.23. The van der Waals surface area contributed by atoms with E-state index >= 15 is 0 Å². The highest BCUT2D eigenvalue weighted by atomic mass is 16.5. The molecule has 0 aromatic carbocycles. The maximum Gasteiger partial charge on any atom is 0.303 e. The number of carboxylic acid groups (broad SMARTS) is 1. The predicted molar refractivity (Wildman–Crippen MR) is 111 cm³/mol. The molecule has 2 heterocycles. The molecule has 0 radical (unpaired) electrons. The number of pyridine rings is 1. The van der Waals surface area contributed by atoms with Crippen molar-refractivity contribution < 1.29 is 19.4 Å². The van der Waals surface area contributed by atoms with Crippen LogP contribution in [0.5, 0.6) is 11.8 Å². The van der Waals surface area contributed by atoms with E-state index in [-0.39, 0.29) is 12.3 Å². The molecule has 0 aliphatic heterocycles. The summed E-state index contributed by atoms with van der Waals surface area (Å²) < 4.78 is 11.2. The maximum atomic E-state index is 11.2. The van der Waals surface area contributed by atoms with Crippen LogP contribution >= 0.6 is 0 Å². The van der Waals surface area contributed by atoms with Gasteiger partial charge in [-0.05, 0) is 67.9 Å². The van der Waals surface area contributed by atoms with E-state index in [0.29, 0.717) is 36.1 Å². The molecule has 2 aromatic rings. The van der Waals surface area contributed by atoms with Gasteiger partial charge in [-0.3, -0.25) is 4.79 Å². The Morgan fingerprint density at radius 2 is 1.87 bits per heavy atom. The summed E-state index contributed by atoms with van der Waals surface area (Å²) in [6.45, 7) is 0.634. The van der Waals surface area contributed by atoms with Crippen LogP contribution in [0, 0.1) is 11.8 Å². The van der Waals surface area contributed by atoms with Gasteiger partial charge in [-0.2, -0.15) is 4.98 Å². The van der Waals surface area contributed by atoms with Gasteiger partial charge in [-0.25, -0.2) is 9.97 Å². The van der Waals surface area contributed by atoms with Crippen molar-refractivity contribution in [3.63, 3.8) is 0 Å². The van der Waals surface area contributed by atoms with Gasteiger partial charge in [0.1, 0.15) is 5.82 Å². The van der Waals surface area contributed by atoms with E-state index in [9.17, 15) is 9.90 Å². The first-order valence-corrected chi connectivity index (χ1v) is 10.8. The molecule has 160 valence electrons. The van der Waals surface area contributed by atoms with Crippen LogP contribution in [0.1, 0.15) is 68.2 Å². The van der Waals surface area contributed by atoms with Gasteiger partial charge in [0.05, 0.1) is 20.1 Å². The first-order chi connectivity index (χ1) is 14.6. The van der Waals surface area contributed by atoms with E-state index in [1.54, 1.807) is 25.6 Å². The fraction of sp³-hybridized carbons (Fsp3) is 0.565. The molecule has 4 rings (SSSR count). The lowest BCUT2D eigenvalue weighted by Gasteiger charge is -2.27. The molecule has 2 aliphatic carbocycles. The van der Waals surface area contributed by atoms with E-state index < -0.39 is 5.97 Å². The summed E-state index contributed by atoms with van der Waals surface area (Å²) in [6.07, 6.45) is 10.1. The molecule has 2 fully saturated rings. The lowest BCUT2D eigenvalue weighted by molar-refractivity contribution is -0.137. The average Bonchev–Trinajstić information content (AvgIpc) is 3.62. The van der Waals surface area contributed by atoms with Crippen molar-refractivity contribution in [1.29, 1.82) is 0 Å². The van der Waals surface area contributed by atoms with Crippen molar-refractivity contribution in [2.45, 2.75) is 56.8 Å². The zero-order valence-corrected chi connectivity index (χ0v) is 17.4. The summed E-state index contributed by atoms with van der Waals surface area (Å²) in [6, 6.07) is 5.63. The molecule has 2 aliphatic rings. The maximum absolute atomic E-state index is 11.2. The second-order valence-corrected chi connectivity index (χ2v) is 8.46. The molecule has 30 heavy (non-hydrogen) atoms.